The molecule has 1 aromatic rings. The van der Waals surface area contributed by atoms with Gasteiger partial charge in [0.15, 0.2) is 6.10 Å². The second kappa shape index (κ2) is 9.09. The molecule has 1 saturated carbocycles. The number of nitrogens with zero attached hydrogens (tertiary/aromatic N) is 2. The molecule has 0 bridgehead atoms. The van der Waals surface area contributed by atoms with Crippen molar-refractivity contribution in [3.63, 3.8) is 0 Å². The number of nitriles is 1. The fourth-order valence-electron chi connectivity index (χ4n) is 3.47. The van der Waals surface area contributed by atoms with Crippen molar-refractivity contribution in [1.82, 2.24) is 4.90 Å². The number of methoxy groups -OCH3 is 1. The number of hydrogen-bond donors (Lipinski definition) is 0. The van der Waals surface area contributed by atoms with Crippen molar-refractivity contribution in [2.24, 2.45) is 0 Å². The van der Waals surface area contributed by atoms with Crippen LogP contribution < -0.4 is 4.74 Å². The first-order chi connectivity index (χ1) is 12.8. The number of esters is 1. The molecule has 0 radical (unpaired) electrons. The maximum Gasteiger partial charge on any atom is 0.311 e. The highest BCUT2D eigenvalue weighted by molar-refractivity contribution is 6.30. The maximum absolute atomic E-state index is 12.7. The van der Waals surface area contributed by atoms with E-state index in [1.807, 2.05) is 0 Å². The van der Waals surface area contributed by atoms with Gasteiger partial charge in [0.1, 0.15) is 11.3 Å². The smallest absolute Gasteiger partial charge is 0.311 e. The summed E-state index contributed by atoms with van der Waals surface area (Å²) in [6.45, 7) is 1.53. The van der Waals surface area contributed by atoms with Crippen LogP contribution in [0, 0.1) is 11.3 Å². The number of amides is 1. The lowest BCUT2D eigenvalue weighted by Gasteiger charge is -2.39. The zero-order chi connectivity index (χ0) is 20.0. The number of benzene rings is 1. The Kier molecular flexibility index (Phi) is 7.09. The minimum atomic E-state index is -0.972. The Bertz CT molecular complexity index is 738. The zero-order valence-electron chi connectivity index (χ0n) is 16.0. The molecule has 146 valence electrons. The van der Waals surface area contributed by atoms with Gasteiger partial charge in [0, 0.05) is 17.6 Å². The van der Waals surface area contributed by atoms with Crippen LogP contribution in [0.15, 0.2) is 18.2 Å². The second-order valence-electron chi connectivity index (χ2n) is 6.87. The largest absolute Gasteiger partial charge is 0.496 e. The summed E-state index contributed by atoms with van der Waals surface area (Å²) in [5, 5.41) is 10.1. The molecule has 1 aliphatic rings. The van der Waals surface area contributed by atoms with Crippen LogP contribution in [-0.4, -0.2) is 42.6 Å². The quantitative estimate of drug-likeness (QED) is 0.692. The van der Waals surface area contributed by atoms with Gasteiger partial charge in [-0.3, -0.25) is 9.59 Å². The highest BCUT2D eigenvalue weighted by Gasteiger charge is 2.40. The Morgan fingerprint density at radius 3 is 2.59 bits per heavy atom. The van der Waals surface area contributed by atoms with Crippen LogP contribution in [0.3, 0.4) is 0 Å². The molecular weight excluding hydrogens is 368 g/mol. The molecule has 0 aromatic heterocycles. The van der Waals surface area contributed by atoms with E-state index >= 15 is 0 Å². The monoisotopic (exact) mass is 392 g/mol. The summed E-state index contributed by atoms with van der Waals surface area (Å²) in [5.74, 6) is -0.401. The molecule has 1 aromatic carbocycles. The van der Waals surface area contributed by atoms with Crippen LogP contribution in [0.1, 0.15) is 44.6 Å². The van der Waals surface area contributed by atoms with Gasteiger partial charge in [0.05, 0.1) is 19.6 Å². The van der Waals surface area contributed by atoms with Crippen LogP contribution in [0.5, 0.6) is 5.75 Å². The second-order valence-corrected chi connectivity index (χ2v) is 7.30. The first-order valence-electron chi connectivity index (χ1n) is 9.04. The topological polar surface area (TPSA) is 79.6 Å². The molecule has 7 heteroatoms. The van der Waals surface area contributed by atoms with Crippen molar-refractivity contribution in [3.8, 4) is 11.8 Å². The fourth-order valence-corrected chi connectivity index (χ4v) is 3.67. The van der Waals surface area contributed by atoms with Crippen LogP contribution in [0.2, 0.25) is 5.02 Å². The molecule has 2 rings (SSSR count). The molecule has 27 heavy (non-hydrogen) atoms. The molecule has 1 fully saturated rings. The number of ether oxygens (including phenoxy) is 2. The van der Waals surface area contributed by atoms with Gasteiger partial charge in [0.25, 0.3) is 5.91 Å². The molecule has 0 unspecified atom stereocenters. The number of hydrogen-bond acceptors (Lipinski definition) is 5. The third-order valence-corrected chi connectivity index (χ3v) is 5.33. The Balaban J connectivity index is 2.02. The average molecular weight is 393 g/mol. The minimum absolute atomic E-state index is 0.0611. The Morgan fingerprint density at radius 2 is 2.00 bits per heavy atom. The summed E-state index contributed by atoms with van der Waals surface area (Å²) in [6.07, 6.45) is 3.14. The molecule has 6 nitrogen and oxygen atoms in total. The van der Waals surface area contributed by atoms with E-state index in [-0.39, 0.29) is 12.3 Å². The predicted octanol–water partition coefficient (Wildman–Crippen LogP) is 3.51. The normalized spacial score (nSPS) is 16.7. The number of halogens is 1. The van der Waals surface area contributed by atoms with Crippen LogP contribution in [0.25, 0.3) is 0 Å². The summed E-state index contributed by atoms with van der Waals surface area (Å²) < 4.78 is 10.5. The van der Waals surface area contributed by atoms with E-state index in [0.29, 0.717) is 29.2 Å². The van der Waals surface area contributed by atoms with E-state index < -0.39 is 17.6 Å². The van der Waals surface area contributed by atoms with Gasteiger partial charge in [-0.2, -0.15) is 5.26 Å². The molecule has 0 heterocycles. The standard InChI is InChI=1S/C20H25ClN2O4/c1-14(19(25)23(2)20(13-22)9-5-4-6-10-20)27-18(24)12-15-11-16(21)7-8-17(15)26-3/h7-8,11,14H,4-6,9-10,12H2,1-3H3/t14-/m1/s1. The fraction of sp³-hybridized carbons (Fsp3) is 0.550. The molecule has 1 amide bonds. The van der Waals surface area contributed by atoms with Gasteiger partial charge < -0.3 is 14.4 Å². The van der Waals surface area contributed by atoms with E-state index in [1.165, 1.54) is 18.9 Å². The van der Waals surface area contributed by atoms with Gasteiger partial charge >= 0.3 is 5.97 Å². The zero-order valence-corrected chi connectivity index (χ0v) is 16.7. The maximum atomic E-state index is 12.7. The van der Waals surface area contributed by atoms with Crippen LogP contribution in [0.4, 0.5) is 0 Å². The van der Waals surface area contributed by atoms with Crippen molar-refractivity contribution in [3.05, 3.63) is 28.8 Å². The van der Waals surface area contributed by atoms with Crippen molar-refractivity contribution >= 4 is 23.5 Å². The SMILES string of the molecule is COc1ccc(Cl)cc1CC(=O)O[C@H](C)C(=O)N(C)C1(C#N)CCCCC1. The van der Waals surface area contributed by atoms with E-state index in [0.717, 1.165) is 19.3 Å². The number of carbonyl (C=O) groups is 2. The number of rotatable bonds is 6. The first kappa shape index (κ1) is 21.0. The van der Waals surface area contributed by atoms with Crippen molar-refractivity contribution in [2.45, 2.75) is 57.1 Å². The minimum Gasteiger partial charge on any atom is -0.496 e. The van der Waals surface area contributed by atoms with Crippen molar-refractivity contribution in [1.29, 1.82) is 5.26 Å². The molecular formula is C20H25ClN2O4. The Labute approximate surface area is 165 Å². The predicted molar refractivity (Wildman–Crippen MR) is 101 cm³/mol. The van der Waals surface area contributed by atoms with E-state index in [9.17, 15) is 14.9 Å². The molecule has 0 aliphatic heterocycles. The van der Waals surface area contributed by atoms with Crippen LogP contribution >= 0.6 is 11.6 Å². The molecule has 1 atom stereocenters. The van der Waals surface area contributed by atoms with E-state index in [4.69, 9.17) is 21.1 Å². The Hall–Kier alpha value is -2.26. The molecule has 0 saturated heterocycles. The summed E-state index contributed by atoms with van der Waals surface area (Å²) >= 11 is 5.97. The summed E-state index contributed by atoms with van der Waals surface area (Å²) in [7, 11) is 3.12. The average Bonchev–Trinajstić information content (AvgIpc) is 2.67. The summed E-state index contributed by atoms with van der Waals surface area (Å²) in [6, 6.07) is 7.27. The molecule has 0 N–H and O–H groups in total. The number of likely N-dealkylation sites (N-methyl/N-ethyl adjacent to an activating group) is 1. The third kappa shape index (κ3) is 4.92. The summed E-state index contributed by atoms with van der Waals surface area (Å²) in [4.78, 5) is 26.5. The van der Waals surface area contributed by atoms with Gasteiger partial charge in [-0.25, -0.2) is 0 Å². The lowest BCUT2D eigenvalue weighted by Crippen LogP contribution is -2.53. The summed E-state index contributed by atoms with van der Waals surface area (Å²) in [5.41, 5.74) is -0.226. The van der Waals surface area contributed by atoms with Gasteiger partial charge in [-0.05, 0) is 38.0 Å². The molecule has 1 aliphatic carbocycles. The van der Waals surface area contributed by atoms with Gasteiger partial charge in [0.2, 0.25) is 0 Å². The highest BCUT2D eigenvalue weighted by atomic mass is 35.5. The molecule has 0 spiro atoms. The van der Waals surface area contributed by atoms with E-state index in [2.05, 4.69) is 6.07 Å². The van der Waals surface area contributed by atoms with Gasteiger partial charge in [-0.1, -0.05) is 30.9 Å². The first-order valence-corrected chi connectivity index (χ1v) is 9.41. The van der Waals surface area contributed by atoms with Crippen molar-refractivity contribution in [2.75, 3.05) is 14.2 Å². The van der Waals surface area contributed by atoms with Gasteiger partial charge in [-0.15, -0.1) is 0 Å². The van der Waals surface area contributed by atoms with Crippen molar-refractivity contribution < 1.29 is 19.1 Å². The highest BCUT2D eigenvalue weighted by Crippen LogP contribution is 2.33. The lowest BCUT2D eigenvalue weighted by atomic mass is 9.81. The third-order valence-electron chi connectivity index (χ3n) is 5.09. The lowest BCUT2D eigenvalue weighted by molar-refractivity contribution is -0.160. The van der Waals surface area contributed by atoms with E-state index in [1.54, 1.807) is 25.2 Å². The van der Waals surface area contributed by atoms with Crippen LogP contribution in [-0.2, 0) is 20.7 Å². The number of carbonyl (C=O) groups excluding carboxylic acids is 2. The Morgan fingerprint density at radius 1 is 1.33 bits per heavy atom.